The van der Waals surface area contributed by atoms with Gasteiger partial charge in [0, 0.05) is 5.56 Å². The summed E-state index contributed by atoms with van der Waals surface area (Å²) in [7, 11) is 1.49. The third kappa shape index (κ3) is 3.49. The van der Waals surface area contributed by atoms with Gasteiger partial charge < -0.3 is 24.8 Å². The minimum absolute atomic E-state index is 0.355. The second kappa shape index (κ2) is 6.83. The molecule has 1 aliphatic heterocycles. The SMILES string of the molecule is COc1cccc(C(=O)NN[C@H]2O[C@H](CO)[C@H](O)[C@@H]2O)c1. The van der Waals surface area contributed by atoms with Crippen LogP contribution in [0.25, 0.3) is 0 Å². The molecule has 1 saturated heterocycles. The predicted octanol–water partition coefficient (Wildman–Crippen LogP) is -1.63. The van der Waals surface area contributed by atoms with Gasteiger partial charge in [-0.25, -0.2) is 5.43 Å². The quantitative estimate of drug-likeness (QED) is 0.414. The molecule has 116 valence electrons. The summed E-state index contributed by atoms with van der Waals surface area (Å²) in [6.45, 7) is -0.430. The maximum atomic E-state index is 11.9. The molecule has 1 heterocycles. The van der Waals surface area contributed by atoms with Gasteiger partial charge in [-0.05, 0) is 18.2 Å². The number of carbonyl (C=O) groups excluding carboxylic acids is 1. The maximum absolute atomic E-state index is 11.9. The van der Waals surface area contributed by atoms with Crippen molar-refractivity contribution in [1.29, 1.82) is 0 Å². The topological polar surface area (TPSA) is 120 Å². The number of benzene rings is 1. The fourth-order valence-corrected chi connectivity index (χ4v) is 1.99. The number of nitrogens with one attached hydrogen (secondary N) is 2. The first-order chi connectivity index (χ1) is 10.1. The fourth-order valence-electron chi connectivity index (χ4n) is 1.99. The molecule has 8 heteroatoms. The molecule has 1 aromatic carbocycles. The van der Waals surface area contributed by atoms with Crippen LogP contribution in [0, 0.1) is 0 Å². The molecule has 1 aliphatic rings. The molecule has 5 N–H and O–H groups in total. The summed E-state index contributed by atoms with van der Waals surface area (Å²) in [5.74, 6) is 0.0854. The van der Waals surface area contributed by atoms with Gasteiger partial charge in [-0.3, -0.25) is 10.2 Å². The molecule has 1 aromatic rings. The molecular weight excluding hydrogens is 280 g/mol. The molecule has 1 amide bonds. The van der Waals surface area contributed by atoms with Gasteiger partial charge in [-0.1, -0.05) is 6.07 Å². The summed E-state index contributed by atoms with van der Waals surface area (Å²) in [6, 6.07) is 6.52. The molecule has 1 fully saturated rings. The lowest BCUT2D eigenvalue weighted by molar-refractivity contribution is -0.0375. The molecule has 0 aromatic heterocycles. The highest BCUT2D eigenvalue weighted by molar-refractivity contribution is 5.94. The second-order valence-electron chi connectivity index (χ2n) is 4.59. The number of hydrazine groups is 1. The molecule has 0 saturated carbocycles. The summed E-state index contributed by atoms with van der Waals surface area (Å²) in [4.78, 5) is 11.9. The van der Waals surface area contributed by atoms with Crippen LogP contribution in [0.4, 0.5) is 0 Å². The summed E-state index contributed by atoms with van der Waals surface area (Å²) in [5, 5.41) is 28.2. The van der Waals surface area contributed by atoms with Gasteiger partial charge in [0.1, 0.15) is 24.1 Å². The van der Waals surface area contributed by atoms with Gasteiger partial charge in [0.25, 0.3) is 5.91 Å². The van der Waals surface area contributed by atoms with Crippen molar-refractivity contribution in [3.05, 3.63) is 29.8 Å². The van der Waals surface area contributed by atoms with Gasteiger partial charge in [0.2, 0.25) is 0 Å². The Kier molecular flexibility index (Phi) is 5.10. The van der Waals surface area contributed by atoms with E-state index in [1.54, 1.807) is 24.3 Å². The van der Waals surface area contributed by atoms with Crippen LogP contribution in [0.2, 0.25) is 0 Å². The fraction of sp³-hybridized carbons (Fsp3) is 0.462. The first-order valence-electron chi connectivity index (χ1n) is 6.39. The number of carbonyl (C=O) groups is 1. The number of methoxy groups -OCH3 is 1. The van der Waals surface area contributed by atoms with E-state index in [1.807, 2.05) is 0 Å². The summed E-state index contributed by atoms with van der Waals surface area (Å²) in [6.07, 6.45) is -4.38. The van der Waals surface area contributed by atoms with Crippen LogP contribution in [0.1, 0.15) is 10.4 Å². The Hall–Kier alpha value is -1.71. The van der Waals surface area contributed by atoms with Crippen molar-refractivity contribution in [2.75, 3.05) is 13.7 Å². The number of aliphatic hydroxyl groups is 3. The zero-order valence-corrected chi connectivity index (χ0v) is 11.4. The maximum Gasteiger partial charge on any atom is 0.265 e. The van der Waals surface area contributed by atoms with E-state index >= 15 is 0 Å². The van der Waals surface area contributed by atoms with Crippen molar-refractivity contribution in [2.24, 2.45) is 0 Å². The van der Waals surface area contributed by atoms with Gasteiger partial charge in [-0.2, -0.15) is 0 Å². The molecule has 8 nitrogen and oxygen atoms in total. The monoisotopic (exact) mass is 298 g/mol. The molecule has 21 heavy (non-hydrogen) atoms. The second-order valence-corrected chi connectivity index (χ2v) is 4.59. The minimum Gasteiger partial charge on any atom is -0.497 e. The smallest absolute Gasteiger partial charge is 0.265 e. The van der Waals surface area contributed by atoms with Gasteiger partial charge in [0.15, 0.2) is 6.23 Å². The van der Waals surface area contributed by atoms with E-state index in [9.17, 15) is 15.0 Å². The van der Waals surface area contributed by atoms with E-state index in [4.69, 9.17) is 14.6 Å². The number of amides is 1. The largest absolute Gasteiger partial charge is 0.497 e. The van der Waals surface area contributed by atoms with E-state index in [2.05, 4.69) is 10.9 Å². The van der Waals surface area contributed by atoms with Crippen LogP contribution in [0.3, 0.4) is 0 Å². The van der Waals surface area contributed by atoms with E-state index in [1.165, 1.54) is 7.11 Å². The van der Waals surface area contributed by atoms with E-state index in [0.717, 1.165) is 0 Å². The number of hydrogen-bond donors (Lipinski definition) is 5. The van der Waals surface area contributed by atoms with E-state index < -0.39 is 37.1 Å². The van der Waals surface area contributed by atoms with Crippen LogP contribution in [-0.4, -0.2) is 59.5 Å². The van der Waals surface area contributed by atoms with Crippen molar-refractivity contribution in [2.45, 2.75) is 24.5 Å². The highest BCUT2D eigenvalue weighted by atomic mass is 16.6. The Balaban J connectivity index is 1.92. The Morgan fingerprint density at radius 2 is 2.14 bits per heavy atom. The van der Waals surface area contributed by atoms with Gasteiger partial charge in [-0.15, -0.1) is 0 Å². The van der Waals surface area contributed by atoms with E-state index in [0.29, 0.717) is 11.3 Å². The first kappa shape index (κ1) is 15.7. The van der Waals surface area contributed by atoms with Crippen LogP contribution in [0.5, 0.6) is 5.75 Å². The van der Waals surface area contributed by atoms with Crippen molar-refractivity contribution in [3.8, 4) is 5.75 Å². The third-order valence-electron chi connectivity index (χ3n) is 3.20. The lowest BCUT2D eigenvalue weighted by atomic mass is 10.1. The molecule has 2 rings (SSSR count). The van der Waals surface area contributed by atoms with E-state index in [-0.39, 0.29) is 0 Å². The summed E-state index contributed by atoms with van der Waals surface area (Å²) < 4.78 is 10.2. The Morgan fingerprint density at radius 3 is 2.76 bits per heavy atom. The number of hydrogen-bond acceptors (Lipinski definition) is 7. The number of aliphatic hydroxyl groups excluding tert-OH is 3. The van der Waals surface area contributed by atoms with Gasteiger partial charge >= 0.3 is 0 Å². The standard InChI is InChI=1S/C13H18N2O6/c1-20-8-4-2-3-7(5-8)12(19)14-15-13-11(18)10(17)9(6-16)21-13/h2-5,9-11,13,15-18H,6H2,1H3,(H,14,19)/t9-,10+,11+,13+/m1/s1. The molecule has 0 aliphatic carbocycles. The average molecular weight is 298 g/mol. The van der Waals surface area contributed by atoms with Gasteiger partial charge in [0.05, 0.1) is 13.7 Å². The van der Waals surface area contributed by atoms with Crippen LogP contribution >= 0.6 is 0 Å². The van der Waals surface area contributed by atoms with Crippen molar-refractivity contribution in [1.82, 2.24) is 10.9 Å². The van der Waals surface area contributed by atoms with Crippen LogP contribution in [0.15, 0.2) is 24.3 Å². The average Bonchev–Trinajstić information content (AvgIpc) is 2.80. The molecule has 0 bridgehead atoms. The Morgan fingerprint density at radius 1 is 1.38 bits per heavy atom. The summed E-state index contributed by atoms with van der Waals surface area (Å²) >= 11 is 0. The molecule has 0 radical (unpaired) electrons. The normalized spacial score (nSPS) is 28.4. The first-order valence-corrected chi connectivity index (χ1v) is 6.39. The lowest BCUT2D eigenvalue weighted by Crippen LogP contribution is -2.49. The predicted molar refractivity (Wildman–Crippen MR) is 71.4 cm³/mol. The zero-order chi connectivity index (χ0) is 15.4. The molecule has 0 unspecified atom stereocenters. The molecular formula is C13H18N2O6. The lowest BCUT2D eigenvalue weighted by Gasteiger charge is -2.17. The molecule has 0 spiro atoms. The highest BCUT2D eigenvalue weighted by Crippen LogP contribution is 2.19. The van der Waals surface area contributed by atoms with Crippen molar-refractivity contribution >= 4 is 5.91 Å². The van der Waals surface area contributed by atoms with Crippen molar-refractivity contribution in [3.63, 3.8) is 0 Å². The Bertz CT molecular complexity index is 497. The minimum atomic E-state index is -1.26. The zero-order valence-electron chi connectivity index (χ0n) is 11.4. The Labute approximate surface area is 121 Å². The van der Waals surface area contributed by atoms with Crippen LogP contribution < -0.4 is 15.6 Å². The molecule has 4 atom stereocenters. The highest BCUT2D eigenvalue weighted by Gasteiger charge is 2.42. The number of rotatable bonds is 5. The summed E-state index contributed by atoms with van der Waals surface area (Å²) in [5.41, 5.74) is 5.20. The van der Waals surface area contributed by atoms with Crippen LogP contribution in [-0.2, 0) is 4.74 Å². The third-order valence-corrected chi connectivity index (χ3v) is 3.20. The van der Waals surface area contributed by atoms with Crippen molar-refractivity contribution < 1.29 is 29.6 Å². The number of ether oxygens (including phenoxy) is 2.